The number of aliphatic hydroxyl groups excluding tert-OH is 1. The van der Waals surface area contributed by atoms with Crippen molar-refractivity contribution in [2.75, 3.05) is 6.54 Å². The van der Waals surface area contributed by atoms with Crippen LogP contribution in [-0.4, -0.2) is 49.7 Å². The molecule has 1 aliphatic rings. The standard InChI is InChI=1S/C17H16N4O4/c1-10-14(22)8-21(10)17(23)13-9-24-16(19-13)7-11-6-15(25-20-11)12-4-2-3-5-18-12/h2-6,9-10,14,22H,7-8H2,1H3/t10-,14-/m0/s1. The van der Waals surface area contributed by atoms with Gasteiger partial charge in [-0.2, -0.15) is 0 Å². The second kappa shape index (κ2) is 6.14. The van der Waals surface area contributed by atoms with Gasteiger partial charge in [0, 0.05) is 18.8 Å². The highest BCUT2D eigenvalue weighted by Crippen LogP contribution is 2.22. The monoisotopic (exact) mass is 340 g/mol. The van der Waals surface area contributed by atoms with Crippen LogP contribution in [0, 0.1) is 0 Å². The van der Waals surface area contributed by atoms with Crippen LogP contribution in [0.3, 0.4) is 0 Å². The van der Waals surface area contributed by atoms with Gasteiger partial charge in [0.1, 0.15) is 12.0 Å². The fourth-order valence-corrected chi connectivity index (χ4v) is 2.67. The van der Waals surface area contributed by atoms with E-state index in [0.717, 1.165) is 0 Å². The zero-order valence-electron chi connectivity index (χ0n) is 13.5. The van der Waals surface area contributed by atoms with Gasteiger partial charge in [-0.25, -0.2) is 4.98 Å². The van der Waals surface area contributed by atoms with Crippen molar-refractivity contribution >= 4 is 5.91 Å². The lowest BCUT2D eigenvalue weighted by atomic mass is 10.0. The number of nitrogens with zero attached hydrogens (tertiary/aromatic N) is 4. The summed E-state index contributed by atoms with van der Waals surface area (Å²) in [7, 11) is 0. The summed E-state index contributed by atoms with van der Waals surface area (Å²) in [6.45, 7) is 2.11. The molecule has 2 atom stereocenters. The summed E-state index contributed by atoms with van der Waals surface area (Å²) in [5, 5.41) is 13.5. The highest BCUT2D eigenvalue weighted by Gasteiger charge is 2.38. The molecule has 1 saturated heterocycles. The zero-order chi connectivity index (χ0) is 17.4. The number of aromatic nitrogens is 3. The summed E-state index contributed by atoms with van der Waals surface area (Å²) in [6.07, 6.45) is 2.84. The van der Waals surface area contributed by atoms with E-state index in [1.807, 2.05) is 18.2 Å². The third-order valence-electron chi connectivity index (χ3n) is 4.27. The largest absolute Gasteiger partial charge is 0.448 e. The Bertz CT molecular complexity index is 889. The minimum atomic E-state index is -0.476. The summed E-state index contributed by atoms with van der Waals surface area (Å²) in [6, 6.07) is 7.08. The van der Waals surface area contributed by atoms with E-state index >= 15 is 0 Å². The minimum absolute atomic E-state index is 0.205. The number of pyridine rings is 1. The van der Waals surface area contributed by atoms with Gasteiger partial charge < -0.3 is 18.9 Å². The molecule has 3 aromatic rings. The van der Waals surface area contributed by atoms with Crippen molar-refractivity contribution in [1.29, 1.82) is 0 Å². The van der Waals surface area contributed by atoms with Crippen LogP contribution < -0.4 is 0 Å². The Hall–Kier alpha value is -3.00. The summed E-state index contributed by atoms with van der Waals surface area (Å²) in [5.74, 6) is 0.682. The Morgan fingerprint density at radius 1 is 1.44 bits per heavy atom. The number of hydrogen-bond donors (Lipinski definition) is 1. The molecule has 0 unspecified atom stereocenters. The summed E-state index contributed by atoms with van der Waals surface area (Å²) < 4.78 is 10.7. The van der Waals surface area contributed by atoms with Gasteiger partial charge in [0.05, 0.1) is 24.3 Å². The number of likely N-dealkylation sites (tertiary alicyclic amines) is 1. The van der Waals surface area contributed by atoms with E-state index < -0.39 is 6.10 Å². The molecule has 0 bridgehead atoms. The lowest BCUT2D eigenvalue weighted by Gasteiger charge is -2.42. The van der Waals surface area contributed by atoms with Crippen molar-refractivity contribution in [1.82, 2.24) is 20.0 Å². The smallest absolute Gasteiger partial charge is 0.276 e. The Balaban J connectivity index is 1.45. The van der Waals surface area contributed by atoms with E-state index in [9.17, 15) is 9.90 Å². The molecule has 0 aliphatic carbocycles. The number of carbonyl (C=O) groups is 1. The molecule has 8 heteroatoms. The molecule has 128 valence electrons. The second-order valence-electron chi connectivity index (χ2n) is 5.97. The van der Waals surface area contributed by atoms with E-state index in [0.29, 0.717) is 36.0 Å². The number of aliphatic hydroxyl groups is 1. The van der Waals surface area contributed by atoms with Crippen LogP contribution in [0.15, 0.2) is 45.7 Å². The quantitative estimate of drug-likeness (QED) is 0.767. The Morgan fingerprint density at radius 2 is 2.32 bits per heavy atom. The molecular formula is C17H16N4O4. The van der Waals surface area contributed by atoms with Gasteiger partial charge in [-0.1, -0.05) is 11.2 Å². The molecule has 0 aromatic carbocycles. The van der Waals surface area contributed by atoms with Gasteiger partial charge in [0.2, 0.25) is 5.89 Å². The fraction of sp³-hybridized carbons (Fsp3) is 0.294. The van der Waals surface area contributed by atoms with Gasteiger partial charge in [-0.3, -0.25) is 9.78 Å². The molecule has 0 radical (unpaired) electrons. The molecule has 1 aliphatic heterocycles. The molecule has 4 rings (SSSR count). The number of β-amino-alcohol motifs (C(OH)–C–C–N with tert-alkyl or cyclic N) is 1. The van der Waals surface area contributed by atoms with Crippen LogP contribution in [0.25, 0.3) is 11.5 Å². The number of amides is 1. The topological polar surface area (TPSA) is 105 Å². The van der Waals surface area contributed by atoms with Crippen molar-refractivity contribution in [2.45, 2.75) is 25.5 Å². The maximum Gasteiger partial charge on any atom is 0.276 e. The number of hydrogen-bond acceptors (Lipinski definition) is 7. The predicted octanol–water partition coefficient (Wildman–Crippen LogP) is 1.52. The molecule has 0 saturated carbocycles. The van der Waals surface area contributed by atoms with Crippen LogP contribution in [0.1, 0.15) is 29.0 Å². The van der Waals surface area contributed by atoms with Crippen LogP contribution in [0.2, 0.25) is 0 Å². The van der Waals surface area contributed by atoms with Gasteiger partial charge >= 0.3 is 0 Å². The third-order valence-corrected chi connectivity index (χ3v) is 4.27. The maximum atomic E-state index is 12.3. The van der Waals surface area contributed by atoms with E-state index in [4.69, 9.17) is 8.94 Å². The average Bonchev–Trinajstić information content (AvgIpc) is 3.29. The van der Waals surface area contributed by atoms with Crippen molar-refractivity contribution in [3.8, 4) is 11.5 Å². The molecule has 4 heterocycles. The first-order valence-corrected chi connectivity index (χ1v) is 7.92. The van der Waals surface area contributed by atoms with Crippen molar-refractivity contribution in [2.24, 2.45) is 0 Å². The number of carbonyl (C=O) groups excluding carboxylic acids is 1. The van der Waals surface area contributed by atoms with Crippen molar-refractivity contribution in [3.05, 3.63) is 54.0 Å². The van der Waals surface area contributed by atoms with E-state index in [2.05, 4.69) is 15.1 Å². The Morgan fingerprint density at radius 3 is 3.04 bits per heavy atom. The molecule has 1 amide bonds. The number of oxazole rings is 1. The van der Waals surface area contributed by atoms with Gasteiger partial charge in [-0.05, 0) is 19.1 Å². The molecular weight excluding hydrogens is 324 g/mol. The normalized spacial score (nSPS) is 19.7. The average molecular weight is 340 g/mol. The molecule has 3 aromatic heterocycles. The summed E-state index contributed by atoms with van der Waals surface area (Å²) in [4.78, 5) is 22.3. The zero-order valence-corrected chi connectivity index (χ0v) is 13.5. The first-order valence-electron chi connectivity index (χ1n) is 7.92. The van der Waals surface area contributed by atoms with Crippen LogP contribution in [-0.2, 0) is 6.42 Å². The third kappa shape index (κ3) is 2.91. The Labute approximate surface area is 143 Å². The molecule has 8 nitrogen and oxygen atoms in total. The van der Waals surface area contributed by atoms with Crippen molar-refractivity contribution < 1.29 is 18.8 Å². The summed E-state index contributed by atoms with van der Waals surface area (Å²) >= 11 is 0. The van der Waals surface area contributed by atoms with Crippen LogP contribution in [0.5, 0.6) is 0 Å². The molecule has 0 spiro atoms. The first-order chi connectivity index (χ1) is 12.1. The van der Waals surface area contributed by atoms with E-state index in [1.54, 1.807) is 24.1 Å². The Kier molecular flexibility index (Phi) is 3.81. The molecule has 1 N–H and O–H groups in total. The molecule has 25 heavy (non-hydrogen) atoms. The van der Waals surface area contributed by atoms with Crippen LogP contribution in [0.4, 0.5) is 0 Å². The maximum absolute atomic E-state index is 12.3. The van der Waals surface area contributed by atoms with Gasteiger partial charge in [0.25, 0.3) is 5.91 Å². The van der Waals surface area contributed by atoms with Crippen LogP contribution >= 0.6 is 0 Å². The van der Waals surface area contributed by atoms with E-state index in [-0.39, 0.29) is 17.6 Å². The van der Waals surface area contributed by atoms with Crippen molar-refractivity contribution in [3.63, 3.8) is 0 Å². The minimum Gasteiger partial charge on any atom is -0.448 e. The van der Waals surface area contributed by atoms with Gasteiger partial charge in [0.15, 0.2) is 11.5 Å². The second-order valence-corrected chi connectivity index (χ2v) is 5.97. The molecule has 1 fully saturated rings. The fourth-order valence-electron chi connectivity index (χ4n) is 2.67. The highest BCUT2D eigenvalue weighted by molar-refractivity contribution is 5.92. The number of rotatable bonds is 4. The first kappa shape index (κ1) is 15.5. The predicted molar refractivity (Wildman–Crippen MR) is 85.5 cm³/mol. The SMILES string of the molecule is C[C@H]1[C@@H](O)CN1C(=O)c1coc(Cc2cc(-c3ccccn3)on2)n1. The van der Waals surface area contributed by atoms with Gasteiger partial charge in [-0.15, -0.1) is 0 Å². The summed E-state index contributed by atoms with van der Waals surface area (Å²) in [5.41, 5.74) is 1.55. The lowest BCUT2D eigenvalue weighted by Crippen LogP contribution is -2.60. The lowest BCUT2D eigenvalue weighted by molar-refractivity contribution is -0.0360. The highest BCUT2D eigenvalue weighted by atomic mass is 16.5. The van der Waals surface area contributed by atoms with E-state index in [1.165, 1.54) is 6.26 Å².